The number of benzene rings is 2. The van der Waals surface area contributed by atoms with Crippen LogP contribution >= 0.6 is 0 Å². The molecule has 31 heavy (non-hydrogen) atoms. The Bertz CT molecular complexity index is 1190. The Morgan fingerprint density at radius 2 is 1.90 bits per heavy atom. The van der Waals surface area contributed by atoms with Gasteiger partial charge in [-0.25, -0.2) is 14.1 Å². The largest absolute Gasteiger partial charge is 0.371 e. The second kappa shape index (κ2) is 7.84. The van der Waals surface area contributed by atoms with Crippen LogP contribution in [0.5, 0.6) is 0 Å². The van der Waals surface area contributed by atoms with Gasteiger partial charge in [-0.1, -0.05) is 12.1 Å². The molecule has 2 aliphatic rings. The van der Waals surface area contributed by atoms with Crippen molar-refractivity contribution < 1.29 is 9.18 Å². The summed E-state index contributed by atoms with van der Waals surface area (Å²) in [6.45, 7) is 2.99. The third kappa shape index (κ3) is 3.75. The summed E-state index contributed by atoms with van der Waals surface area (Å²) in [5.41, 5.74) is 5.19. The average molecular weight is 416 g/mol. The van der Waals surface area contributed by atoms with E-state index < -0.39 is 0 Å². The Labute approximate surface area is 179 Å². The summed E-state index contributed by atoms with van der Waals surface area (Å²) in [4.78, 5) is 20.6. The number of anilines is 1. The van der Waals surface area contributed by atoms with E-state index in [9.17, 15) is 9.18 Å². The highest BCUT2D eigenvalue weighted by Gasteiger charge is 2.25. The molecule has 1 fully saturated rings. The summed E-state index contributed by atoms with van der Waals surface area (Å²) in [6.07, 6.45) is 3.64. The summed E-state index contributed by atoms with van der Waals surface area (Å²) in [7, 11) is 0. The molecule has 2 aromatic carbocycles. The highest BCUT2D eigenvalue weighted by molar-refractivity contribution is 5.80. The first-order chi connectivity index (χ1) is 15.1. The van der Waals surface area contributed by atoms with E-state index >= 15 is 0 Å². The smallest absolute Gasteiger partial charge is 0.252 e. The van der Waals surface area contributed by atoms with E-state index in [1.54, 1.807) is 11.0 Å². The molecule has 0 spiro atoms. The number of carbonyl (C=O) groups is 1. The third-order valence-electron chi connectivity index (χ3n) is 5.93. The number of hydrogen-bond donors (Lipinski definition) is 0. The normalized spacial score (nSPS) is 15.2. The quantitative estimate of drug-likeness (QED) is 0.653. The van der Waals surface area contributed by atoms with Gasteiger partial charge < -0.3 is 9.80 Å². The van der Waals surface area contributed by atoms with Crippen LogP contribution in [0.15, 0.2) is 42.7 Å². The lowest BCUT2D eigenvalue weighted by molar-refractivity contribution is -0.132. The van der Waals surface area contributed by atoms with Gasteiger partial charge in [-0.15, -0.1) is 5.10 Å². The van der Waals surface area contributed by atoms with E-state index in [-0.39, 0.29) is 24.1 Å². The lowest BCUT2D eigenvalue weighted by atomic mass is 9.98. The molecule has 0 unspecified atom stereocenters. The SMILES string of the molecule is N#Cc1ncn(CC(=O)N2Cc3ccc(-c4ccc(F)cc4N4CCCC4)cc3C2)n1. The summed E-state index contributed by atoms with van der Waals surface area (Å²) >= 11 is 0. The van der Waals surface area contributed by atoms with E-state index in [4.69, 9.17) is 5.26 Å². The molecule has 1 amide bonds. The van der Waals surface area contributed by atoms with Crippen LogP contribution in [0, 0.1) is 17.1 Å². The Kier molecular flexibility index (Phi) is 4.86. The number of fused-ring (bicyclic) bond motifs is 1. The van der Waals surface area contributed by atoms with Gasteiger partial charge in [0.25, 0.3) is 5.82 Å². The van der Waals surface area contributed by atoms with Crippen LogP contribution < -0.4 is 4.90 Å². The van der Waals surface area contributed by atoms with E-state index in [2.05, 4.69) is 33.2 Å². The van der Waals surface area contributed by atoms with Crippen molar-refractivity contribution in [3.05, 3.63) is 65.5 Å². The number of carbonyl (C=O) groups excluding carboxylic acids is 1. The lowest BCUT2D eigenvalue weighted by Crippen LogP contribution is -2.29. The molecule has 7 nitrogen and oxygen atoms in total. The Morgan fingerprint density at radius 3 is 2.68 bits per heavy atom. The standard InChI is InChI=1S/C23H21FN6O/c24-19-5-6-20(21(10-19)28-7-1-2-8-28)16-3-4-17-12-29(13-18(17)9-16)23(31)14-30-15-26-22(11-25)27-30/h3-6,9-10,15H,1-2,7-8,12-14H2. The van der Waals surface area contributed by atoms with Crippen molar-refractivity contribution in [3.63, 3.8) is 0 Å². The number of amides is 1. The number of rotatable bonds is 4. The minimum atomic E-state index is -0.226. The molecule has 156 valence electrons. The van der Waals surface area contributed by atoms with Crippen LogP contribution in [0.3, 0.4) is 0 Å². The molecule has 0 aliphatic carbocycles. The number of nitrogens with zero attached hydrogens (tertiary/aromatic N) is 6. The van der Waals surface area contributed by atoms with Crippen molar-refractivity contribution in [1.82, 2.24) is 19.7 Å². The molecule has 0 radical (unpaired) electrons. The number of hydrogen-bond acceptors (Lipinski definition) is 5. The van der Waals surface area contributed by atoms with Gasteiger partial charge in [0.05, 0.1) is 0 Å². The van der Waals surface area contributed by atoms with Crippen LogP contribution in [-0.2, 0) is 24.4 Å². The lowest BCUT2D eigenvalue weighted by Gasteiger charge is -2.22. The molecule has 0 bridgehead atoms. The fraction of sp³-hybridized carbons (Fsp3) is 0.304. The summed E-state index contributed by atoms with van der Waals surface area (Å²) in [6, 6.07) is 13.1. The second-order valence-electron chi connectivity index (χ2n) is 7.97. The van der Waals surface area contributed by atoms with Crippen molar-refractivity contribution in [2.45, 2.75) is 32.5 Å². The molecule has 8 heteroatoms. The predicted octanol–water partition coefficient (Wildman–Crippen LogP) is 3.10. The minimum absolute atomic E-state index is 0.0482. The van der Waals surface area contributed by atoms with Gasteiger partial charge in [0.15, 0.2) is 0 Å². The Morgan fingerprint density at radius 1 is 1.10 bits per heavy atom. The van der Waals surface area contributed by atoms with Crippen molar-refractivity contribution in [2.75, 3.05) is 18.0 Å². The van der Waals surface area contributed by atoms with E-state index in [0.717, 1.165) is 53.9 Å². The summed E-state index contributed by atoms with van der Waals surface area (Å²) in [5.74, 6) is -0.252. The molecule has 3 heterocycles. The monoisotopic (exact) mass is 416 g/mol. The number of nitriles is 1. The highest BCUT2D eigenvalue weighted by Crippen LogP contribution is 2.36. The maximum Gasteiger partial charge on any atom is 0.252 e. The van der Waals surface area contributed by atoms with Crippen LogP contribution in [0.4, 0.5) is 10.1 Å². The molecule has 2 aliphatic heterocycles. The van der Waals surface area contributed by atoms with Crippen molar-refractivity contribution in [3.8, 4) is 17.2 Å². The second-order valence-corrected chi connectivity index (χ2v) is 7.97. The van der Waals surface area contributed by atoms with Gasteiger partial charge in [-0.2, -0.15) is 5.26 Å². The first kappa shape index (κ1) is 19.2. The van der Waals surface area contributed by atoms with Gasteiger partial charge in [-0.05, 0) is 53.8 Å². The fourth-order valence-corrected chi connectivity index (χ4v) is 4.37. The zero-order chi connectivity index (χ0) is 21.4. The maximum atomic E-state index is 14.0. The maximum absolute atomic E-state index is 14.0. The number of aromatic nitrogens is 3. The molecule has 5 rings (SSSR count). The minimum Gasteiger partial charge on any atom is -0.371 e. The molecular formula is C23H21FN6O. The summed E-state index contributed by atoms with van der Waals surface area (Å²) in [5, 5.41) is 12.8. The molecule has 1 aromatic heterocycles. The van der Waals surface area contributed by atoms with Crippen molar-refractivity contribution in [2.24, 2.45) is 0 Å². The van der Waals surface area contributed by atoms with Gasteiger partial charge >= 0.3 is 0 Å². The van der Waals surface area contributed by atoms with Crippen molar-refractivity contribution >= 4 is 11.6 Å². The molecular weight excluding hydrogens is 395 g/mol. The fourth-order valence-electron chi connectivity index (χ4n) is 4.37. The predicted molar refractivity (Wildman–Crippen MR) is 112 cm³/mol. The topological polar surface area (TPSA) is 78.0 Å². The van der Waals surface area contributed by atoms with Gasteiger partial charge in [-0.3, -0.25) is 4.79 Å². The molecule has 0 saturated carbocycles. The molecule has 3 aromatic rings. The Balaban J connectivity index is 1.37. The van der Waals surface area contributed by atoms with Gasteiger partial charge in [0.1, 0.15) is 24.8 Å². The van der Waals surface area contributed by atoms with E-state index in [1.165, 1.54) is 17.1 Å². The average Bonchev–Trinajstić information content (AvgIpc) is 3.53. The van der Waals surface area contributed by atoms with Crippen LogP contribution in [0.25, 0.3) is 11.1 Å². The van der Waals surface area contributed by atoms with Crippen LogP contribution in [0.1, 0.15) is 29.8 Å². The Hall–Kier alpha value is -3.73. The molecule has 1 saturated heterocycles. The first-order valence-corrected chi connectivity index (χ1v) is 10.3. The third-order valence-corrected chi connectivity index (χ3v) is 5.93. The van der Waals surface area contributed by atoms with Gasteiger partial charge in [0, 0.05) is 37.4 Å². The molecule has 0 N–H and O–H groups in total. The molecule has 0 atom stereocenters. The summed E-state index contributed by atoms with van der Waals surface area (Å²) < 4.78 is 15.4. The van der Waals surface area contributed by atoms with Gasteiger partial charge in [0.2, 0.25) is 5.91 Å². The van der Waals surface area contributed by atoms with Crippen molar-refractivity contribution in [1.29, 1.82) is 5.26 Å². The van der Waals surface area contributed by atoms with E-state index in [1.807, 2.05) is 12.1 Å². The number of halogens is 1. The highest BCUT2D eigenvalue weighted by atomic mass is 19.1. The van der Waals surface area contributed by atoms with Crippen LogP contribution in [-0.4, -0.2) is 38.7 Å². The first-order valence-electron chi connectivity index (χ1n) is 10.3. The zero-order valence-corrected chi connectivity index (χ0v) is 17.0. The zero-order valence-electron chi connectivity index (χ0n) is 17.0. The van der Waals surface area contributed by atoms with E-state index in [0.29, 0.717) is 13.1 Å². The van der Waals surface area contributed by atoms with Crippen LogP contribution in [0.2, 0.25) is 0 Å².